The quantitative estimate of drug-likeness (QED) is 0.346. The molecule has 0 bridgehead atoms. The van der Waals surface area contributed by atoms with Crippen molar-refractivity contribution in [3.05, 3.63) is 33.1 Å². The van der Waals surface area contributed by atoms with E-state index in [1.54, 1.807) is 0 Å². The third kappa shape index (κ3) is 3.66. The first-order valence-electron chi connectivity index (χ1n) is 10.1. The summed E-state index contributed by atoms with van der Waals surface area (Å²) in [5, 5.41) is 7.74. The second kappa shape index (κ2) is 5.81. The maximum Gasteiger partial charge on any atom is 0.469 e. The Hall–Kier alpha value is -1.33. The summed E-state index contributed by atoms with van der Waals surface area (Å²) in [6, 6.07) is -1.46. The number of aromatic amines is 1. The van der Waals surface area contributed by atoms with E-state index in [-0.39, 0.29) is 0 Å². The fourth-order valence-corrected chi connectivity index (χ4v) is 1.36. The van der Waals surface area contributed by atoms with E-state index >= 15 is 0 Å². The predicted molar refractivity (Wildman–Crippen MR) is 65.2 cm³/mol. The molecule has 0 spiro atoms. The summed E-state index contributed by atoms with van der Waals surface area (Å²) in [6.45, 7) is -4.24. The van der Waals surface area contributed by atoms with E-state index in [4.69, 9.17) is 25.0 Å². The lowest BCUT2D eigenvalue weighted by Crippen LogP contribution is -2.37. The van der Waals surface area contributed by atoms with Gasteiger partial charge in [-0.1, -0.05) is 0 Å². The zero-order valence-electron chi connectivity index (χ0n) is 20.6. The zero-order chi connectivity index (χ0) is 25.3. The van der Waals surface area contributed by atoms with Crippen molar-refractivity contribution in [3.8, 4) is 0 Å². The van der Waals surface area contributed by atoms with Crippen molar-refractivity contribution in [2.24, 2.45) is 0 Å². The van der Waals surface area contributed by atoms with Gasteiger partial charge in [0.1, 0.15) is 18.2 Å². The molecule has 5 N–H and O–H groups in total. The highest BCUT2D eigenvalue weighted by atomic mass is 31.2. The lowest BCUT2D eigenvalue weighted by atomic mass is 10.1. The molecule has 1 aliphatic rings. The molecule has 1 unspecified atom stereocenters. The van der Waals surface area contributed by atoms with Crippen LogP contribution in [0.15, 0.2) is 21.8 Å². The summed E-state index contributed by atoms with van der Waals surface area (Å²) in [4.78, 5) is 41.3. The molecule has 11 nitrogen and oxygen atoms in total. The fourth-order valence-electron chi connectivity index (χ4n) is 1.16. The molecule has 0 amide bonds. The number of nitrogens with one attached hydrogen (secondary N) is 1. The van der Waals surface area contributed by atoms with Gasteiger partial charge < -0.3 is 24.7 Å². The minimum Gasteiger partial charge on any atom is -0.387 e. The Labute approximate surface area is 132 Å². The molecule has 1 saturated heterocycles. The van der Waals surface area contributed by atoms with Gasteiger partial charge in [0.25, 0.3) is 5.56 Å². The Morgan fingerprint density at radius 2 is 2.33 bits per heavy atom. The molecular formula is C9H13N2O9P. The molecule has 4 atom stereocenters. The first-order chi connectivity index (χ1) is 14.2. The number of aliphatic hydroxyl groups is 2. The maximum atomic E-state index is 12.4. The number of ether oxygens (including phenoxy) is 1. The van der Waals surface area contributed by atoms with Gasteiger partial charge in [-0.25, -0.2) is 9.36 Å². The number of phosphoric ester groups is 1. The summed E-state index contributed by atoms with van der Waals surface area (Å²) in [6.07, 6.45) is -18.0. The highest BCUT2D eigenvalue weighted by molar-refractivity contribution is 7.46. The third-order valence-electron chi connectivity index (χ3n) is 1.93. The maximum absolute atomic E-state index is 12.4. The van der Waals surface area contributed by atoms with Crippen LogP contribution in [0, 0.1) is 0 Å². The lowest BCUT2D eigenvalue weighted by Gasteiger charge is -2.16. The molecule has 2 rings (SSSR count). The van der Waals surface area contributed by atoms with Crippen LogP contribution in [0.2, 0.25) is 1.41 Å². The molecule has 1 aliphatic heterocycles. The van der Waals surface area contributed by atoms with E-state index in [0.717, 1.165) is 0 Å². The number of hydrogen-bond acceptors (Lipinski definition) is 7. The van der Waals surface area contributed by atoms with Gasteiger partial charge in [0.15, 0.2) is 7.62 Å². The smallest absolute Gasteiger partial charge is 0.387 e. The van der Waals surface area contributed by atoms with Crippen LogP contribution in [0.4, 0.5) is 0 Å². The Kier molecular flexibility index (Phi) is 1.89. The largest absolute Gasteiger partial charge is 0.469 e. The first-order valence-corrected chi connectivity index (χ1v) is 6.34. The highest BCUT2D eigenvalue weighted by Crippen LogP contribution is 2.38. The van der Waals surface area contributed by atoms with Crippen LogP contribution < -0.4 is 11.2 Å². The van der Waals surface area contributed by atoms with E-state index in [1.165, 1.54) is 0 Å². The molecule has 0 aliphatic carbocycles. The van der Waals surface area contributed by atoms with Crippen LogP contribution in [0.5, 0.6) is 0 Å². The minimum absolute atomic E-state index is 0.516. The van der Waals surface area contributed by atoms with Gasteiger partial charge in [-0.3, -0.25) is 18.9 Å². The molecule has 0 aromatic carbocycles. The zero-order valence-corrected chi connectivity index (χ0v) is 10.5. The third-order valence-corrected chi connectivity index (χ3v) is 2.26. The van der Waals surface area contributed by atoms with Crippen LogP contribution in [-0.2, 0) is 13.8 Å². The Balaban J connectivity index is 3.02. The van der Waals surface area contributed by atoms with Crippen molar-refractivity contribution in [3.63, 3.8) is 0 Å². The Morgan fingerprint density at radius 1 is 1.62 bits per heavy atom. The molecule has 12 heteroatoms. The number of aromatic nitrogens is 2. The molecule has 21 heavy (non-hydrogen) atoms. The first kappa shape index (κ1) is 6.84. The van der Waals surface area contributed by atoms with Crippen LogP contribution in [0.1, 0.15) is 17.2 Å². The van der Waals surface area contributed by atoms with Crippen LogP contribution in [0.3, 0.4) is 0 Å². The molecule has 2 heterocycles. The number of hydrogen-bond donors (Lipinski definition) is 5. The standard InChI is InChI=1S/C9H13N2O9P/c12-5-1-2-11(9(15)10-5)8-7(14)6(13)4(20-8)3-19-21(16,17)18/h1-2,4,6-8,13-14H,3H2,(H,10,12,15)(H2,16,17,18)/t4-,6-,7?,8-/m1/s1/i1D,2D,3D2,4D,6D,7D,8D,13D,14D/hD. The van der Waals surface area contributed by atoms with E-state index in [1.807, 2.05) is 0 Å². The van der Waals surface area contributed by atoms with Gasteiger partial charge in [0.05, 0.1) is 17.5 Å². The van der Waals surface area contributed by atoms with Crippen molar-refractivity contribution in [1.29, 1.82) is 2.86 Å². The van der Waals surface area contributed by atoms with E-state index in [0.29, 0.717) is 0 Å². The monoisotopic (exact) mass is 335 g/mol. The minimum atomic E-state index is -5.85. The average Bonchev–Trinajstić information content (AvgIpc) is 2.80. The second-order valence-corrected chi connectivity index (χ2v) is 4.51. The molecule has 1 aromatic rings. The topological polar surface area (TPSA) is 171 Å². The molecule has 0 saturated carbocycles. The average molecular weight is 335 g/mol. The normalized spacial score (nSPS) is 51.8. The molecule has 1 fully saturated rings. The van der Waals surface area contributed by atoms with Crippen LogP contribution in [-0.4, -0.2) is 57.2 Å². The predicted octanol–water partition coefficient (Wildman–Crippen LogP) is -2.73. The van der Waals surface area contributed by atoms with Crippen LogP contribution >= 0.6 is 7.82 Å². The fraction of sp³-hybridized carbons (Fsp3) is 0.556. The van der Waals surface area contributed by atoms with Gasteiger partial charge in [0.2, 0.25) is 2.86 Å². The summed E-state index contributed by atoms with van der Waals surface area (Å²) in [5.41, 5.74) is -3.71. The number of nitrogens with zero attached hydrogens (tertiary/aromatic N) is 1. The summed E-state index contributed by atoms with van der Waals surface area (Å²) in [5.74, 6) is 0. The van der Waals surface area contributed by atoms with Gasteiger partial charge in [-0.05, 0) is 0 Å². The summed E-state index contributed by atoms with van der Waals surface area (Å²) >= 11 is 0. The second-order valence-electron chi connectivity index (χ2n) is 3.35. The van der Waals surface area contributed by atoms with Crippen molar-refractivity contribution < 1.29 is 46.2 Å². The Morgan fingerprint density at radius 3 is 2.95 bits per heavy atom. The number of rotatable bonds is 6. The van der Waals surface area contributed by atoms with E-state index in [9.17, 15) is 14.2 Å². The molecule has 118 valence electrons. The molecule has 0 radical (unpaired) electrons. The Bertz CT molecular complexity index is 1110. The van der Waals surface area contributed by atoms with Gasteiger partial charge >= 0.3 is 13.5 Å². The van der Waals surface area contributed by atoms with Gasteiger partial charge in [-0.15, -0.1) is 0 Å². The van der Waals surface area contributed by atoms with Crippen molar-refractivity contribution in [2.75, 3.05) is 6.56 Å². The SMILES string of the molecule is [2H]OC1([2H])[C@]([2H])(n2c([2H])c([2H])c(=O)n([2H])c2=O)O[C@]([2H])(C([2H])([2H])OP(=O)(O)O)[C@@]1([2H])O[2H]. The summed E-state index contributed by atoms with van der Waals surface area (Å²) in [7, 11) is -5.85. The number of phosphoric acid groups is 1. The summed E-state index contributed by atoms with van der Waals surface area (Å²) < 4.78 is 104. The van der Waals surface area contributed by atoms with E-state index < -0.39 is 71.8 Å². The highest BCUT2D eigenvalue weighted by Gasteiger charge is 2.44. The van der Waals surface area contributed by atoms with Gasteiger partial charge in [-0.2, -0.15) is 0 Å². The van der Waals surface area contributed by atoms with Crippen LogP contribution in [0.25, 0.3) is 0 Å². The van der Waals surface area contributed by atoms with E-state index in [2.05, 4.69) is 19.5 Å². The molecular weight excluding hydrogens is 311 g/mol. The van der Waals surface area contributed by atoms with Crippen molar-refractivity contribution in [2.45, 2.75) is 24.4 Å². The van der Waals surface area contributed by atoms with Gasteiger partial charge in [0, 0.05) is 12.2 Å². The number of H-pyrrole nitrogens is 1. The van der Waals surface area contributed by atoms with Crippen molar-refractivity contribution >= 4 is 7.82 Å². The molecule has 1 aromatic heterocycles. The van der Waals surface area contributed by atoms with Crippen molar-refractivity contribution in [1.82, 2.24) is 9.54 Å². The lowest BCUT2D eigenvalue weighted by molar-refractivity contribution is -0.0543.